The van der Waals surface area contributed by atoms with Crippen LogP contribution >= 0.6 is 0 Å². The van der Waals surface area contributed by atoms with E-state index in [1.807, 2.05) is 50.2 Å². The van der Waals surface area contributed by atoms with Gasteiger partial charge in [-0.2, -0.15) is 8.42 Å². The van der Waals surface area contributed by atoms with Gasteiger partial charge in [-0.05, 0) is 119 Å². The molecule has 4 aliphatic rings. The van der Waals surface area contributed by atoms with Crippen LogP contribution in [-0.2, 0) is 33.3 Å². The molecular weight excluding hydrogens is 668 g/mol. The molecule has 0 saturated heterocycles. The van der Waals surface area contributed by atoms with Crippen LogP contribution in [0.3, 0.4) is 0 Å². The molecule has 0 bridgehead atoms. The minimum absolute atomic E-state index is 0. The van der Waals surface area contributed by atoms with Gasteiger partial charge in [-0.3, -0.25) is 13.4 Å². The molecule has 2 spiro atoms. The summed E-state index contributed by atoms with van der Waals surface area (Å²) in [5.41, 5.74) is 6.68. The zero-order valence-electron chi connectivity index (χ0n) is 30.0. The zero-order valence-corrected chi connectivity index (χ0v) is 31.7. The predicted molar refractivity (Wildman–Crippen MR) is 197 cm³/mol. The number of fused-ring (bicyclic) bond motifs is 2. The quantitative estimate of drug-likeness (QED) is 0.130. The van der Waals surface area contributed by atoms with Crippen molar-refractivity contribution in [3.05, 3.63) is 109 Å². The number of para-hydroxylation sites is 2. The number of benzene rings is 3. The van der Waals surface area contributed by atoms with E-state index in [0.29, 0.717) is 23.3 Å². The summed E-state index contributed by atoms with van der Waals surface area (Å²) in [6, 6.07) is 23.6. The molecule has 4 N–H and O–H groups in total. The predicted octanol–water partition coefficient (Wildman–Crippen LogP) is 4.63. The van der Waals surface area contributed by atoms with Crippen LogP contribution in [-0.4, -0.2) is 49.7 Å². The Morgan fingerprint density at radius 1 is 0.780 bits per heavy atom. The first-order chi connectivity index (χ1) is 22.6. The van der Waals surface area contributed by atoms with E-state index in [2.05, 4.69) is 42.6 Å². The topological polar surface area (TPSA) is 144 Å². The Kier molecular flexibility index (Phi) is 13.7. The van der Waals surface area contributed by atoms with Crippen LogP contribution in [0.4, 0.5) is 11.4 Å². The van der Waals surface area contributed by atoms with E-state index in [0.717, 1.165) is 49.0 Å². The standard InChI is InChI=1S/C22H27NO3S.C15H19N.CH3.Li.H2O4S/c1-17-8-10-19(11-9-17)27(25,26)23-15-14-22(13-5-12-21(22,2)24)16-18-6-3-4-7-20(18)23;1-12-5-4-8-15(12)9-10-16-14-7-3-2-6-13(14)11-15;;;1-5(2,3)4/h3-4,6-11,24H,5,12-16H2,1-2H3;2-3,5-7,16H,4,8-11H2,1H3;1H3;;(H2,1,2,3,4)/q;;-1;+1;. The van der Waals surface area contributed by atoms with E-state index < -0.39 is 26.0 Å². The van der Waals surface area contributed by atoms with E-state index in [9.17, 15) is 13.5 Å². The molecule has 2 aliphatic heterocycles. The normalized spacial score (nSPS) is 25.4. The second kappa shape index (κ2) is 16.4. The zero-order chi connectivity index (χ0) is 34.8. The van der Waals surface area contributed by atoms with Crippen LogP contribution in [0.2, 0.25) is 0 Å². The number of aliphatic hydroxyl groups is 1. The molecule has 0 radical (unpaired) electrons. The van der Waals surface area contributed by atoms with Gasteiger partial charge in [-0.25, -0.2) is 8.42 Å². The van der Waals surface area contributed by atoms with Crippen LogP contribution in [0.5, 0.6) is 0 Å². The Bertz CT molecular complexity index is 1860. The Hall–Kier alpha value is -2.62. The molecule has 268 valence electrons. The van der Waals surface area contributed by atoms with Crippen molar-refractivity contribution in [2.24, 2.45) is 10.8 Å². The van der Waals surface area contributed by atoms with Gasteiger partial charge in [-0.15, -0.1) is 0 Å². The van der Waals surface area contributed by atoms with Gasteiger partial charge in [0.25, 0.3) is 10.0 Å². The van der Waals surface area contributed by atoms with Gasteiger partial charge in [-0.1, -0.05) is 65.7 Å². The molecule has 1 saturated carbocycles. The van der Waals surface area contributed by atoms with Gasteiger partial charge in [0.2, 0.25) is 0 Å². The Balaban J connectivity index is 0.000000250. The van der Waals surface area contributed by atoms with Crippen molar-refractivity contribution in [1.82, 2.24) is 0 Å². The maximum absolute atomic E-state index is 13.4. The summed E-state index contributed by atoms with van der Waals surface area (Å²) >= 11 is 0. The molecule has 3 aromatic carbocycles. The summed E-state index contributed by atoms with van der Waals surface area (Å²) < 4.78 is 60.0. The van der Waals surface area contributed by atoms with E-state index in [1.54, 1.807) is 22.0 Å². The maximum Gasteiger partial charge on any atom is 1.00 e. The van der Waals surface area contributed by atoms with Crippen LogP contribution in [0, 0.1) is 25.2 Å². The molecule has 2 aliphatic carbocycles. The Morgan fingerprint density at radius 2 is 1.40 bits per heavy atom. The van der Waals surface area contributed by atoms with Crippen LogP contribution in [0.1, 0.15) is 75.5 Å². The molecule has 50 heavy (non-hydrogen) atoms. The minimum atomic E-state index is -4.67. The molecule has 2 heterocycles. The fraction of sp³-hybridized carbons (Fsp3) is 0.447. The Labute approximate surface area is 311 Å². The number of anilines is 2. The van der Waals surface area contributed by atoms with Gasteiger partial charge in [0.05, 0.1) is 16.2 Å². The maximum atomic E-state index is 13.4. The van der Waals surface area contributed by atoms with Gasteiger partial charge in [0, 0.05) is 24.2 Å². The molecule has 1 fully saturated rings. The van der Waals surface area contributed by atoms with Crippen molar-refractivity contribution in [3.8, 4) is 0 Å². The first kappa shape index (κ1) is 41.8. The monoisotopic (exact) mass is 718 g/mol. The average Bonchev–Trinajstić information content (AvgIpc) is 3.34. The first-order valence-electron chi connectivity index (χ1n) is 16.6. The summed E-state index contributed by atoms with van der Waals surface area (Å²) in [4.78, 5) is 0.317. The molecule has 9 nitrogen and oxygen atoms in total. The molecule has 0 amide bonds. The van der Waals surface area contributed by atoms with Crippen molar-refractivity contribution in [3.63, 3.8) is 0 Å². The fourth-order valence-electron chi connectivity index (χ4n) is 8.12. The SMILES string of the molecule is CC1=CCCC12CCNc1ccccc1C2.Cc1ccc(S(=O)(=O)N2CCC3(CCCC3(C)O)Cc3ccccc32)cc1.O=S(=O)(O)O.[CH3-].[Li+]. The number of aryl methyl sites for hydroxylation is 1. The second-order valence-corrected chi connectivity index (χ2v) is 16.8. The van der Waals surface area contributed by atoms with Crippen molar-refractivity contribution in [2.45, 2.75) is 89.1 Å². The van der Waals surface area contributed by atoms with Crippen molar-refractivity contribution >= 4 is 31.8 Å². The van der Waals surface area contributed by atoms with Gasteiger partial charge >= 0.3 is 29.3 Å². The van der Waals surface area contributed by atoms with E-state index >= 15 is 0 Å². The molecule has 7 rings (SSSR count). The number of nitrogens with one attached hydrogen (secondary N) is 1. The Morgan fingerprint density at radius 3 is 2.00 bits per heavy atom. The van der Waals surface area contributed by atoms with Crippen LogP contribution < -0.4 is 28.5 Å². The summed E-state index contributed by atoms with van der Waals surface area (Å²) in [7, 11) is -8.31. The number of sulfonamides is 1. The fourth-order valence-corrected chi connectivity index (χ4v) is 9.63. The van der Waals surface area contributed by atoms with Crippen molar-refractivity contribution in [1.29, 1.82) is 0 Å². The molecule has 3 atom stereocenters. The third kappa shape index (κ3) is 9.23. The van der Waals surface area contributed by atoms with Crippen LogP contribution in [0.25, 0.3) is 0 Å². The molecule has 3 unspecified atom stereocenters. The van der Waals surface area contributed by atoms with E-state index in [-0.39, 0.29) is 31.7 Å². The number of hydrogen-bond acceptors (Lipinski definition) is 6. The molecular formula is C38H51LiN2O7S2. The summed E-state index contributed by atoms with van der Waals surface area (Å²) in [5.74, 6) is 0. The summed E-state index contributed by atoms with van der Waals surface area (Å²) in [5, 5.41) is 14.7. The molecule has 12 heteroatoms. The second-order valence-electron chi connectivity index (χ2n) is 14.0. The minimum Gasteiger partial charge on any atom is -0.390 e. The van der Waals surface area contributed by atoms with E-state index in [1.165, 1.54) is 36.9 Å². The first-order valence-corrected chi connectivity index (χ1v) is 19.5. The van der Waals surface area contributed by atoms with Crippen molar-refractivity contribution < 1.29 is 49.9 Å². The van der Waals surface area contributed by atoms with Crippen LogP contribution in [0.15, 0.2) is 89.3 Å². The van der Waals surface area contributed by atoms with Crippen molar-refractivity contribution in [2.75, 3.05) is 22.7 Å². The van der Waals surface area contributed by atoms with E-state index in [4.69, 9.17) is 17.5 Å². The average molecular weight is 719 g/mol. The number of hydrogen-bond donors (Lipinski definition) is 4. The third-order valence-electron chi connectivity index (χ3n) is 11.0. The molecule has 3 aromatic rings. The van der Waals surface area contributed by atoms with Gasteiger partial charge < -0.3 is 17.8 Å². The summed E-state index contributed by atoms with van der Waals surface area (Å²) in [6.45, 7) is 7.70. The largest absolute Gasteiger partial charge is 1.00 e. The van der Waals surface area contributed by atoms with Gasteiger partial charge in [0.15, 0.2) is 0 Å². The number of allylic oxidation sites excluding steroid dienone is 2. The summed E-state index contributed by atoms with van der Waals surface area (Å²) in [6.07, 6.45) is 11.6. The van der Waals surface area contributed by atoms with Gasteiger partial charge in [0.1, 0.15) is 0 Å². The molecule has 0 aromatic heterocycles. The number of rotatable bonds is 2. The third-order valence-corrected chi connectivity index (χ3v) is 12.9. The number of nitrogens with zero attached hydrogens (tertiary/aromatic N) is 1. The smallest absolute Gasteiger partial charge is 0.390 e.